The van der Waals surface area contributed by atoms with Crippen LogP contribution in [0.4, 0.5) is 4.39 Å². The van der Waals surface area contributed by atoms with Crippen molar-refractivity contribution in [3.05, 3.63) is 83.7 Å². The number of aliphatic hydroxyl groups is 1. The summed E-state index contributed by atoms with van der Waals surface area (Å²) < 4.78 is 20.4. The van der Waals surface area contributed by atoms with E-state index in [1.807, 2.05) is 55.5 Å². The molecule has 4 aromatic rings. The van der Waals surface area contributed by atoms with E-state index in [0.717, 1.165) is 22.3 Å². The lowest BCUT2D eigenvalue weighted by atomic mass is 9.96. The molecule has 0 radical (unpaired) electrons. The molecule has 0 saturated carbocycles. The highest BCUT2D eigenvalue weighted by atomic mass is 35.5. The number of benzene rings is 3. The summed E-state index contributed by atoms with van der Waals surface area (Å²) in [4.78, 5) is 11.1. The number of halogens is 2. The van der Waals surface area contributed by atoms with Gasteiger partial charge in [0.15, 0.2) is 0 Å². The third-order valence-electron chi connectivity index (χ3n) is 5.37. The van der Waals surface area contributed by atoms with Crippen molar-refractivity contribution in [1.29, 1.82) is 0 Å². The van der Waals surface area contributed by atoms with E-state index in [0.29, 0.717) is 5.56 Å². The summed E-state index contributed by atoms with van der Waals surface area (Å²) in [6, 6.07) is 18.9. The molecule has 1 atom stereocenters. The van der Waals surface area contributed by atoms with Gasteiger partial charge in [0.2, 0.25) is 5.89 Å². The van der Waals surface area contributed by atoms with Crippen molar-refractivity contribution in [2.75, 3.05) is 6.61 Å². The maximum absolute atomic E-state index is 14.5. The second kappa shape index (κ2) is 11.0. The van der Waals surface area contributed by atoms with Gasteiger partial charge >= 0.3 is 5.97 Å². The third-order valence-corrected chi connectivity index (χ3v) is 5.37. The Bertz CT molecular complexity index is 1280. The second-order valence-corrected chi connectivity index (χ2v) is 7.53. The molecule has 3 N–H and O–H groups in total. The Morgan fingerprint density at radius 2 is 1.68 bits per heavy atom. The van der Waals surface area contributed by atoms with Crippen molar-refractivity contribution < 1.29 is 23.8 Å². The van der Waals surface area contributed by atoms with Gasteiger partial charge in [-0.05, 0) is 47.4 Å². The van der Waals surface area contributed by atoms with Gasteiger partial charge in [0.05, 0.1) is 12.2 Å². The van der Waals surface area contributed by atoms with Crippen LogP contribution in [0.1, 0.15) is 11.1 Å². The van der Waals surface area contributed by atoms with Crippen molar-refractivity contribution in [3.63, 3.8) is 0 Å². The fourth-order valence-corrected chi connectivity index (χ4v) is 3.56. The van der Waals surface area contributed by atoms with Crippen LogP contribution in [-0.4, -0.2) is 39.0 Å². The standard InChI is InChI=1S/C25H22FN3O4.ClH/c1-15-18(17-6-3-2-4-7-17)8-5-9-19(15)23-28-29-24(33-23)20-12-16(10-11-21(20)26)13-27-22(14-30)25(31)32;/h2-12,22,27,30H,13-14H2,1H3,(H,31,32);1H/t22-;/m0./s1. The lowest BCUT2D eigenvalue weighted by Gasteiger charge is -2.12. The number of hydrogen-bond acceptors (Lipinski definition) is 6. The summed E-state index contributed by atoms with van der Waals surface area (Å²) in [6.07, 6.45) is 0. The van der Waals surface area contributed by atoms with Gasteiger partial charge < -0.3 is 14.6 Å². The van der Waals surface area contributed by atoms with Crippen LogP contribution in [-0.2, 0) is 11.3 Å². The summed E-state index contributed by atoms with van der Waals surface area (Å²) in [7, 11) is 0. The molecule has 3 aromatic carbocycles. The normalized spacial score (nSPS) is 11.6. The first-order valence-electron chi connectivity index (χ1n) is 10.3. The zero-order valence-corrected chi connectivity index (χ0v) is 19.1. The summed E-state index contributed by atoms with van der Waals surface area (Å²) in [5.74, 6) is -1.42. The summed E-state index contributed by atoms with van der Waals surface area (Å²) in [5.41, 5.74) is 4.52. The van der Waals surface area contributed by atoms with Crippen LogP contribution in [0.25, 0.3) is 34.0 Å². The minimum atomic E-state index is -1.17. The molecule has 7 nitrogen and oxygen atoms in total. The lowest BCUT2D eigenvalue weighted by molar-refractivity contribution is -0.140. The number of nitrogens with one attached hydrogen (secondary N) is 1. The maximum Gasteiger partial charge on any atom is 0.323 e. The number of carboxylic acid groups (broad SMARTS) is 1. The number of rotatable bonds is 8. The molecule has 0 aliphatic rings. The van der Waals surface area contributed by atoms with E-state index >= 15 is 0 Å². The van der Waals surface area contributed by atoms with E-state index in [1.165, 1.54) is 18.2 Å². The second-order valence-electron chi connectivity index (χ2n) is 7.53. The highest BCUT2D eigenvalue weighted by Gasteiger charge is 2.19. The Hall–Kier alpha value is -3.59. The van der Waals surface area contributed by atoms with E-state index in [4.69, 9.17) is 14.6 Å². The van der Waals surface area contributed by atoms with Crippen LogP contribution in [0.15, 0.2) is 71.1 Å². The number of carboxylic acids is 1. The summed E-state index contributed by atoms with van der Waals surface area (Å²) >= 11 is 0. The molecule has 4 rings (SSSR count). The Balaban J connectivity index is 0.00000324. The third kappa shape index (κ3) is 5.31. The predicted octanol–water partition coefficient (Wildman–Crippen LogP) is 4.48. The number of aliphatic carboxylic acids is 1. The smallest absolute Gasteiger partial charge is 0.323 e. The van der Waals surface area contributed by atoms with Crippen molar-refractivity contribution in [3.8, 4) is 34.0 Å². The zero-order valence-electron chi connectivity index (χ0n) is 18.2. The number of nitrogens with zero attached hydrogens (tertiary/aromatic N) is 2. The fourth-order valence-electron chi connectivity index (χ4n) is 3.56. The molecular weight excluding hydrogens is 461 g/mol. The first-order chi connectivity index (χ1) is 16.0. The molecule has 176 valence electrons. The molecule has 9 heteroatoms. The van der Waals surface area contributed by atoms with Crippen LogP contribution in [0.3, 0.4) is 0 Å². The van der Waals surface area contributed by atoms with Crippen LogP contribution in [0.5, 0.6) is 0 Å². The van der Waals surface area contributed by atoms with E-state index in [2.05, 4.69) is 15.5 Å². The van der Waals surface area contributed by atoms with Crippen LogP contribution in [0.2, 0.25) is 0 Å². The van der Waals surface area contributed by atoms with E-state index in [1.54, 1.807) is 0 Å². The molecule has 0 aliphatic heterocycles. The van der Waals surface area contributed by atoms with Gasteiger partial charge in [-0.2, -0.15) is 0 Å². The van der Waals surface area contributed by atoms with Crippen molar-refractivity contribution >= 4 is 18.4 Å². The first kappa shape index (κ1) is 25.0. The number of aliphatic hydroxyl groups excluding tert-OH is 1. The van der Waals surface area contributed by atoms with E-state index in [-0.39, 0.29) is 36.3 Å². The first-order valence-corrected chi connectivity index (χ1v) is 10.3. The highest BCUT2D eigenvalue weighted by Crippen LogP contribution is 2.33. The molecule has 34 heavy (non-hydrogen) atoms. The Morgan fingerprint density at radius 1 is 1.00 bits per heavy atom. The van der Waals surface area contributed by atoms with Gasteiger partial charge in [-0.3, -0.25) is 10.1 Å². The van der Waals surface area contributed by atoms with Crippen LogP contribution < -0.4 is 5.32 Å². The fraction of sp³-hybridized carbons (Fsp3) is 0.160. The molecule has 0 aliphatic carbocycles. The largest absolute Gasteiger partial charge is 0.480 e. The number of carbonyl (C=O) groups is 1. The van der Waals surface area contributed by atoms with Crippen molar-refractivity contribution in [1.82, 2.24) is 15.5 Å². The van der Waals surface area contributed by atoms with Crippen molar-refractivity contribution in [2.45, 2.75) is 19.5 Å². The number of hydrogen-bond donors (Lipinski definition) is 3. The zero-order chi connectivity index (χ0) is 23.4. The quantitative estimate of drug-likeness (QED) is 0.339. The van der Waals surface area contributed by atoms with E-state index < -0.39 is 24.4 Å². The minimum Gasteiger partial charge on any atom is -0.480 e. The molecule has 0 spiro atoms. The van der Waals surface area contributed by atoms with Gasteiger partial charge in [0.1, 0.15) is 11.9 Å². The molecule has 0 amide bonds. The van der Waals surface area contributed by atoms with Gasteiger partial charge in [-0.25, -0.2) is 4.39 Å². The summed E-state index contributed by atoms with van der Waals surface area (Å²) in [6.45, 7) is 1.52. The van der Waals surface area contributed by atoms with Crippen LogP contribution in [0, 0.1) is 12.7 Å². The molecular formula is C25H23ClFN3O4. The molecule has 1 aromatic heterocycles. The Labute approximate surface area is 201 Å². The SMILES string of the molecule is Cc1c(-c2ccccc2)cccc1-c1nnc(-c2cc(CN[C@@H](CO)C(=O)O)ccc2F)o1.Cl. The van der Waals surface area contributed by atoms with Gasteiger partial charge in [0, 0.05) is 12.1 Å². The molecule has 0 saturated heterocycles. The van der Waals surface area contributed by atoms with Gasteiger partial charge in [0.25, 0.3) is 5.89 Å². The molecule has 1 heterocycles. The average molecular weight is 484 g/mol. The predicted molar refractivity (Wildman–Crippen MR) is 128 cm³/mol. The van der Waals surface area contributed by atoms with Crippen molar-refractivity contribution in [2.24, 2.45) is 0 Å². The monoisotopic (exact) mass is 483 g/mol. The average Bonchev–Trinajstić information content (AvgIpc) is 3.31. The summed E-state index contributed by atoms with van der Waals surface area (Å²) in [5, 5.41) is 29.0. The highest BCUT2D eigenvalue weighted by molar-refractivity contribution is 5.85. The molecule has 0 fully saturated rings. The number of aromatic nitrogens is 2. The van der Waals surface area contributed by atoms with Crippen LogP contribution >= 0.6 is 12.4 Å². The van der Waals surface area contributed by atoms with E-state index in [9.17, 15) is 9.18 Å². The topological polar surface area (TPSA) is 108 Å². The van der Waals surface area contributed by atoms with Gasteiger partial charge in [-0.15, -0.1) is 22.6 Å². The Kier molecular flexibility index (Phi) is 8.12. The molecule has 0 bridgehead atoms. The lowest BCUT2D eigenvalue weighted by Crippen LogP contribution is -2.39. The Morgan fingerprint density at radius 3 is 2.35 bits per heavy atom. The van der Waals surface area contributed by atoms with Gasteiger partial charge in [-0.1, -0.05) is 48.5 Å². The minimum absolute atomic E-state index is 0. The maximum atomic E-state index is 14.5. The molecule has 0 unspecified atom stereocenters.